The summed E-state index contributed by atoms with van der Waals surface area (Å²) in [5.41, 5.74) is 0.692. The molecule has 0 amide bonds. The van der Waals surface area contributed by atoms with Gasteiger partial charge >= 0.3 is 0 Å². The molecule has 0 aliphatic heterocycles. The van der Waals surface area contributed by atoms with Gasteiger partial charge in [-0.05, 0) is 24.1 Å². The fourth-order valence-corrected chi connectivity index (χ4v) is 2.02. The molecule has 106 valence electrons. The number of hydrogen-bond donors (Lipinski definition) is 2. The van der Waals surface area contributed by atoms with Crippen molar-refractivity contribution in [1.82, 2.24) is 5.32 Å². The van der Waals surface area contributed by atoms with Crippen molar-refractivity contribution in [3.63, 3.8) is 0 Å². The van der Waals surface area contributed by atoms with Crippen LogP contribution in [0.5, 0.6) is 5.75 Å². The molecular weight excluding hydrogens is 238 g/mol. The van der Waals surface area contributed by atoms with Gasteiger partial charge in [0.05, 0.1) is 6.04 Å². The maximum atomic E-state index is 12.5. The van der Waals surface area contributed by atoms with Crippen LogP contribution in [0.2, 0.25) is 0 Å². The maximum Gasteiger partial charge on any atom is 0.155 e. The van der Waals surface area contributed by atoms with Crippen molar-refractivity contribution in [2.45, 2.75) is 53.1 Å². The highest BCUT2D eigenvalue weighted by Crippen LogP contribution is 2.20. The first kappa shape index (κ1) is 15.7. The molecule has 1 unspecified atom stereocenters. The molecule has 0 fully saturated rings. The summed E-state index contributed by atoms with van der Waals surface area (Å²) in [5, 5.41) is 12.6. The molecule has 19 heavy (non-hydrogen) atoms. The molecule has 1 atom stereocenters. The first-order valence-electron chi connectivity index (χ1n) is 6.78. The van der Waals surface area contributed by atoms with Crippen LogP contribution in [0.4, 0.5) is 0 Å². The van der Waals surface area contributed by atoms with E-state index in [1.54, 1.807) is 12.1 Å². The largest absolute Gasteiger partial charge is 0.508 e. The highest BCUT2D eigenvalue weighted by Gasteiger charge is 2.29. The summed E-state index contributed by atoms with van der Waals surface area (Å²) in [6.07, 6.45) is 0.647. The van der Waals surface area contributed by atoms with Gasteiger partial charge in [-0.3, -0.25) is 4.79 Å². The molecule has 0 bridgehead atoms. The van der Waals surface area contributed by atoms with Gasteiger partial charge in [0.25, 0.3) is 0 Å². The smallest absolute Gasteiger partial charge is 0.155 e. The third-order valence-electron chi connectivity index (χ3n) is 2.97. The zero-order chi connectivity index (χ0) is 14.6. The Morgan fingerprint density at radius 3 is 2.16 bits per heavy atom. The van der Waals surface area contributed by atoms with Gasteiger partial charge in [-0.25, -0.2) is 0 Å². The molecule has 3 heteroatoms. The van der Waals surface area contributed by atoms with Crippen LogP contribution in [0.25, 0.3) is 0 Å². The van der Waals surface area contributed by atoms with Gasteiger partial charge in [-0.1, -0.05) is 46.8 Å². The van der Waals surface area contributed by atoms with Crippen molar-refractivity contribution in [2.24, 2.45) is 5.41 Å². The number of benzene rings is 1. The van der Waals surface area contributed by atoms with Gasteiger partial charge in [-0.2, -0.15) is 0 Å². The molecule has 1 rings (SSSR count). The summed E-state index contributed by atoms with van der Waals surface area (Å²) in [4.78, 5) is 12.5. The number of carbonyl (C=O) groups excluding carboxylic acids is 1. The van der Waals surface area contributed by atoms with E-state index >= 15 is 0 Å². The van der Waals surface area contributed by atoms with Crippen LogP contribution in [-0.2, 0) is 11.2 Å². The highest BCUT2D eigenvalue weighted by molar-refractivity contribution is 5.89. The van der Waals surface area contributed by atoms with Crippen molar-refractivity contribution in [3.05, 3.63) is 29.8 Å². The molecule has 0 aliphatic carbocycles. The number of ketones is 1. The zero-order valence-electron chi connectivity index (χ0n) is 12.5. The first-order valence-corrected chi connectivity index (χ1v) is 6.78. The fourth-order valence-electron chi connectivity index (χ4n) is 2.02. The topological polar surface area (TPSA) is 49.3 Å². The normalized spacial score (nSPS) is 13.6. The van der Waals surface area contributed by atoms with Crippen LogP contribution < -0.4 is 5.32 Å². The average molecular weight is 263 g/mol. The second-order valence-electron chi connectivity index (χ2n) is 6.36. The lowest BCUT2D eigenvalue weighted by atomic mass is 9.84. The fraction of sp³-hybridized carbons (Fsp3) is 0.562. The molecule has 2 N–H and O–H groups in total. The standard InChI is InChI=1S/C16H25NO2/c1-11(2)17-14(15(19)16(3,4)5)10-12-6-8-13(18)9-7-12/h6-9,11,14,17-18H,10H2,1-5H3. The number of phenols is 1. The third kappa shape index (κ3) is 5.03. The summed E-state index contributed by atoms with van der Waals surface area (Å²) in [6.45, 7) is 9.92. The van der Waals surface area contributed by atoms with E-state index in [9.17, 15) is 9.90 Å². The van der Waals surface area contributed by atoms with Gasteiger partial charge < -0.3 is 10.4 Å². The van der Waals surface area contributed by atoms with Crippen molar-refractivity contribution < 1.29 is 9.90 Å². The summed E-state index contributed by atoms with van der Waals surface area (Å²) in [6, 6.07) is 7.10. The maximum absolute atomic E-state index is 12.5. The Balaban J connectivity index is 2.86. The van der Waals surface area contributed by atoms with Gasteiger partial charge in [0.15, 0.2) is 5.78 Å². The lowest BCUT2D eigenvalue weighted by Crippen LogP contribution is -2.47. The Morgan fingerprint density at radius 2 is 1.74 bits per heavy atom. The summed E-state index contributed by atoms with van der Waals surface area (Å²) < 4.78 is 0. The van der Waals surface area contributed by atoms with Crippen molar-refractivity contribution >= 4 is 5.78 Å². The number of hydrogen-bond acceptors (Lipinski definition) is 3. The van der Waals surface area contributed by atoms with E-state index in [1.165, 1.54) is 0 Å². The molecule has 0 aromatic heterocycles. The van der Waals surface area contributed by atoms with E-state index in [0.717, 1.165) is 5.56 Å². The number of carbonyl (C=O) groups is 1. The van der Waals surface area contributed by atoms with E-state index in [1.807, 2.05) is 46.8 Å². The Bertz CT molecular complexity index is 415. The number of aromatic hydroxyl groups is 1. The predicted molar refractivity (Wildman–Crippen MR) is 78.3 cm³/mol. The van der Waals surface area contributed by atoms with Crippen LogP contribution in [0, 0.1) is 5.41 Å². The number of nitrogens with one attached hydrogen (secondary N) is 1. The monoisotopic (exact) mass is 263 g/mol. The average Bonchev–Trinajstić information content (AvgIpc) is 2.28. The molecule has 0 saturated heterocycles. The Hall–Kier alpha value is -1.35. The Kier molecular flexibility index (Phi) is 5.12. The van der Waals surface area contributed by atoms with Crippen LogP contribution in [0.15, 0.2) is 24.3 Å². The van der Waals surface area contributed by atoms with E-state index < -0.39 is 0 Å². The highest BCUT2D eigenvalue weighted by atomic mass is 16.3. The van der Waals surface area contributed by atoms with E-state index in [4.69, 9.17) is 0 Å². The molecule has 0 heterocycles. The van der Waals surface area contributed by atoms with Crippen molar-refractivity contribution in [1.29, 1.82) is 0 Å². The molecule has 0 radical (unpaired) electrons. The van der Waals surface area contributed by atoms with Crippen LogP contribution in [-0.4, -0.2) is 23.0 Å². The molecule has 0 saturated carbocycles. The summed E-state index contributed by atoms with van der Waals surface area (Å²) in [5.74, 6) is 0.466. The second kappa shape index (κ2) is 6.20. The number of Topliss-reactive ketones (excluding diaryl/α,β-unsaturated/α-hetero) is 1. The molecule has 0 aliphatic rings. The van der Waals surface area contributed by atoms with E-state index in [2.05, 4.69) is 5.32 Å². The number of rotatable bonds is 5. The Labute approximate surface area is 116 Å². The lowest BCUT2D eigenvalue weighted by molar-refractivity contribution is -0.128. The predicted octanol–water partition coefficient (Wildman–Crippen LogP) is 2.92. The van der Waals surface area contributed by atoms with Gasteiger partial charge in [0, 0.05) is 11.5 Å². The minimum atomic E-state index is -0.358. The third-order valence-corrected chi connectivity index (χ3v) is 2.97. The van der Waals surface area contributed by atoms with Crippen molar-refractivity contribution in [2.75, 3.05) is 0 Å². The zero-order valence-corrected chi connectivity index (χ0v) is 12.5. The van der Waals surface area contributed by atoms with Gasteiger partial charge in [-0.15, -0.1) is 0 Å². The summed E-state index contributed by atoms with van der Waals surface area (Å²) >= 11 is 0. The quantitative estimate of drug-likeness (QED) is 0.858. The van der Waals surface area contributed by atoms with Crippen LogP contribution >= 0.6 is 0 Å². The van der Waals surface area contributed by atoms with Crippen molar-refractivity contribution in [3.8, 4) is 5.75 Å². The van der Waals surface area contributed by atoms with E-state index in [-0.39, 0.29) is 29.0 Å². The molecule has 1 aromatic carbocycles. The SMILES string of the molecule is CC(C)NC(Cc1ccc(O)cc1)C(=O)C(C)(C)C. The molecule has 1 aromatic rings. The van der Waals surface area contributed by atoms with Crippen LogP contribution in [0.3, 0.4) is 0 Å². The first-order chi connectivity index (χ1) is 8.70. The minimum Gasteiger partial charge on any atom is -0.508 e. The van der Waals surface area contributed by atoms with Crippen LogP contribution in [0.1, 0.15) is 40.2 Å². The Morgan fingerprint density at radius 1 is 1.21 bits per heavy atom. The number of phenolic OH excluding ortho intramolecular Hbond substituents is 1. The minimum absolute atomic E-state index is 0.190. The second-order valence-corrected chi connectivity index (χ2v) is 6.36. The lowest BCUT2D eigenvalue weighted by Gasteiger charge is -2.27. The summed E-state index contributed by atoms with van der Waals surface area (Å²) in [7, 11) is 0. The molecular formula is C16H25NO2. The van der Waals surface area contributed by atoms with E-state index in [0.29, 0.717) is 6.42 Å². The van der Waals surface area contributed by atoms with Gasteiger partial charge in [0.1, 0.15) is 5.75 Å². The molecule has 3 nitrogen and oxygen atoms in total. The van der Waals surface area contributed by atoms with Gasteiger partial charge in [0.2, 0.25) is 0 Å². The molecule has 0 spiro atoms.